The number of hydrogen-bond donors (Lipinski definition) is 1. The van der Waals surface area contributed by atoms with Crippen LogP contribution in [-0.2, 0) is 0 Å². The van der Waals surface area contributed by atoms with Crippen LogP contribution in [0.1, 0.15) is 5.56 Å². The summed E-state index contributed by atoms with van der Waals surface area (Å²) in [5.74, 6) is 0.256. The molecule has 1 aromatic carbocycles. The van der Waals surface area contributed by atoms with Gasteiger partial charge >= 0.3 is 0 Å². The summed E-state index contributed by atoms with van der Waals surface area (Å²) in [6, 6.07) is 10.3. The molecular weight excluding hydrogens is 186 g/mol. The van der Waals surface area contributed by atoms with Crippen LogP contribution in [0.2, 0.25) is 0 Å². The number of aliphatic hydroxyl groups is 1. The molecule has 0 bridgehead atoms. The Bertz CT molecular complexity index is 345. The van der Waals surface area contributed by atoms with E-state index >= 15 is 0 Å². The first-order valence-electron chi connectivity index (χ1n) is 5.36. The van der Waals surface area contributed by atoms with Gasteiger partial charge in [-0.25, -0.2) is 0 Å². The molecular formula is C13H17NO. The molecule has 0 saturated heterocycles. The summed E-state index contributed by atoms with van der Waals surface area (Å²) in [4.78, 5) is 2.23. The number of benzene rings is 1. The summed E-state index contributed by atoms with van der Waals surface area (Å²) in [6.07, 6.45) is 2.22. The van der Waals surface area contributed by atoms with Gasteiger partial charge in [0.25, 0.3) is 0 Å². The highest BCUT2D eigenvalue weighted by Crippen LogP contribution is 2.26. The van der Waals surface area contributed by atoms with Crippen molar-refractivity contribution in [2.24, 2.45) is 5.92 Å². The van der Waals surface area contributed by atoms with Crippen LogP contribution in [0.4, 0.5) is 0 Å². The average Bonchev–Trinajstić information content (AvgIpc) is 2.30. The molecule has 1 aliphatic rings. The van der Waals surface area contributed by atoms with Gasteiger partial charge in [-0.3, -0.25) is 0 Å². The predicted molar refractivity (Wildman–Crippen MR) is 62.5 cm³/mol. The first-order chi connectivity index (χ1) is 7.31. The molecule has 1 atom stereocenters. The third-order valence-electron chi connectivity index (χ3n) is 2.92. The molecule has 1 heterocycles. The average molecular weight is 203 g/mol. The molecule has 0 amide bonds. The van der Waals surface area contributed by atoms with Crippen molar-refractivity contribution in [3.8, 4) is 0 Å². The second kappa shape index (κ2) is 4.60. The SMILES string of the molecule is CN1CC=C(c2ccccc2)[C@H](CO)C1. The highest BCUT2D eigenvalue weighted by molar-refractivity contribution is 5.68. The predicted octanol–water partition coefficient (Wildman–Crippen LogP) is 1.62. The fourth-order valence-electron chi connectivity index (χ4n) is 2.11. The summed E-state index contributed by atoms with van der Waals surface area (Å²) >= 11 is 0. The van der Waals surface area contributed by atoms with E-state index < -0.39 is 0 Å². The van der Waals surface area contributed by atoms with E-state index in [0.717, 1.165) is 13.1 Å². The monoisotopic (exact) mass is 203 g/mol. The fourth-order valence-corrected chi connectivity index (χ4v) is 2.11. The minimum absolute atomic E-state index is 0.227. The lowest BCUT2D eigenvalue weighted by atomic mass is 9.90. The van der Waals surface area contributed by atoms with Crippen LogP contribution in [0.3, 0.4) is 0 Å². The lowest BCUT2D eigenvalue weighted by Crippen LogP contribution is -2.32. The van der Waals surface area contributed by atoms with Crippen molar-refractivity contribution in [1.29, 1.82) is 0 Å². The molecule has 2 rings (SSSR count). The Morgan fingerprint density at radius 1 is 1.33 bits per heavy atom. The molecule has 15 heavy (non-hydrogen) atoms. The first-order valence-corrected chi connectivity index (χ1v) is 5.36. The summed E-state index contributed by atoms with van der Waals surface area (Å²) in [7, 11) is 2.08. The first kappa shape index (κ1) is 10.4. The van der Waals surface area contributed by atoms with E-state index in [9.17, 15) is 5.11 Å². The molecule has 0 radical (unpaired) electrons. The molecule has 1 aromatic rings. The Balaban J connectivity index is 2.27. The maximum atomic E-state index is 9.37. The summed E-state index contributed by atoms with van der Waals surface area (Å²) in [5, 5.41) is 9.37. The fraction of sp³-hybridized carbons (Fsp3) is 0.385. The van der Waals surface area contributed by atoms with Crippen molar-refractivity contribution in [2.75, 3.05) is 26.7 Å². The number of nitrogens with zero attached hydrogens (tertiary/aromatic N) is 1. The third-order valence-corrected chi connectivity index (χ3v) is 2.92. The Hall–Kier alpha value is -1.12. The van der Waals surface area contributed by atoms with Crippen LogP contribution in [0.25, 0.3) is 5.57 Å². The third kappa shape index (κ3) is 2.28. The van der Waals surface area contributed by atoms with E-state index in [1.54, 1.807) is 0 Å². The van der Waals surface area contributed by atoms with Gasteiger partial charge in [-0.05, 0) is 18.2 Å². The summed E-state index contributed by atoms with van der Waals surface area (Å²) in [5.41, 5.74) is 2.53. The van der Waals surface area contributed by atoms with Crippen molar-refractivity contribution in [3.63, 3.8) is 0 Å². The van der Waals surface area contributed by atoms with Gasteiger partial charge in [0.2, 0.25) is 0 Å². The van der Waals surface area contributed by atoms with Crippen molar-refractivity contribution in [2.45, 2.75) is 0 Å². The molecule has 2 heteroatoms. The van der Waals surface area contributed by atoms with Crippen LogP contribution < -0.4 is 0 Å². The van der Waals surface area contributed by atoms with Crippen molar-refractivity contribution in [1.82, 2.24) is 4.90 Å². The quantitative estimate of drug-likeness (QED) is 0.789. The van der Waals surface area contributed by atoms with Gasteiger partial charge in [-0.1, -0.05) is 36.4 Å². The Morgan fingerprint density at radius 2 is 2.07 bits per heavy atom. The van der Waals surface area contributed by atoms with Crippen molar-refractivity contribution >= 4 is 5.57 Å². The standard InChI is InChI=1S/C13H17NO/c1-14-8-7-13(12(9-14)10-15)11-5-3-2-4-6-11/h2-7,12,15H,8-10H2,1H3/t12-/m0/s1. The van der Waals surface area contributed by atoms with Gasteiger partial charge in [-0.15, -0.1) is 0 Å². The lowest BCUT2D eigenvalue weighted by Gasteiger charge is -2.29. The van der Waals surface area contributed by atoms with Crippen LogP contribution in [0, 0.1) is 5.92 Å². The molecule has 0 spiro atoms. The molecule has 2 nitrogen and oxygen atoms in total. The van der Waals surface area contributed by atoms with Crippen LogP contribution in [0.5, 0.6) is 0 Å². The molecule has 80 valence electrons. The molecule has 1 N–H and O–H groups in total. The molecule has 0 fully saturated rings. The molecule has 0 aliphatic carbocycles. The Morgan fingerprint density at radius 3 is 2.73 bits per heavy atom. The summed E-state index contributed by atoms with van der Waals surface area (Å²) < 4.78 is 0. The van der Waals surface area contributed by atoms with Gasteiger partial charge in [0.05, 0.1) is 6.61 Å². The zero-order valence-electron chi connectivity index (χ0n) is 9.06. The number of hydrogen-bond acceptors (Lipinski definition) is 2. The Kier molecular flexibility index (Phi) is 3.19. The van der Waals surface area contributed by atoms with Crippen molar-refractivity contribution in [3.05, 3.63) is 42.0 Å². The van der Waals surface area contributed by atoms with E-state index in [2.05, 4.69) is 30.2 Å². The van der Waals surface area contributed by atoms with E-state index in [-0.39, 0.29) is 12.5 Å². The topological polar surface area (TPSA) is 23.5 Å². The largest absolute Gasteiger partial charge is 0.396 e. The highest BCUT2D eigenvalue weighted by atomic mass is 16.3. The van der Waals surface area contributed by atoms with Crippen LogP contribution in [0.15, 0.2) is 36.4 Å². The minimum atomic E-state index is 0.227. The van der Waals surface area contributed by atoms with Gasteiger partial charge < -0.3 is 10.0 Å². The molecule has 0 saturated carbocycles. The van der Waals surface area contributed by atoms with Gasteiger partial charge in [0.1, 0.15) is 0 Å². The zero-order valence-corrected chi connectivity index (χ0v) is 9.06. The second-order valence-corrected chi connectivity index (χ2v) is 4.13. The summed E-state index contributed by atoms with van der Waals surface area (Å²) in [6.45, 7) is 2.14. The van der Waals surface area contributed by atoms with E-state index in [1.807, 2.05) is 18.2 Å². The number of aliphatic hydroxyl groups excluding tert-OH is 1. The van der Waals surface area contributed by atoms with Gasteiger partial charge in [0.15, 0.2) is 0 Å². The van der Waals surface area contributed by atoms with E-state index in [4.69, 9.17) is 0 Å². The smallest absolute Gasteiger partial charge is 0.0512 e. The van der Waals surface area contributed by atoms with E-state index in [0.29, 0.717) is 0 Å². The number of likely N-dealkylation sites (N-methyl/N-ethyl adjacent to an activating group) is 1. The molecule has 0 aromatic heterocycles. The maximum absolute atomic E-state index is 9.37. The minimum Gasteiger partial charge on any atom is -0.396 e. The number of rotatable bonds is 2. The van der Waals surface area contributed by atoms with Crippen LogP contribution in [-0.4, -0.2) is 36.8 Å². The molecule has 1 aliphatic heterocycles. The highest BCUT2D eigenvalue weighted by Gasteiger charge is 2.20. The lowest BCUT2D eigenvalue weighted by molar-refractivity contribution is 0.212. The maximum Gasteiger partial charge on any atom is 0.0512 e. The van der Waals surface area contributed by atoms with Crippen LogP contribution >= 0.6 is 0 Å². The van der Waals surface area contributed by atoms with Gasteiger partial charge in [-0.2, -0.15) is 0 Å². The Labute approximate surface area is 90.8 Å². The van der Waals surface area contributed by atoms with Gasteiger partial charge in [0, 0.05) is 19.0 Å². The zero-order chi connectivity index (χ0) is 10.7. The normalized spacial score (nSPS) is 22.5. The molecule has 0 unspecified atom stereocenters. The van der Waals surface area contributed by atoms with Crippen molar-refractivity contribution < 1.29 is 5.11 Å². The van der Waals surface area contributed by atoms with E-state index in [1.165, 1.54) is 11.1 Å². The second-order valence-electron chi connectivity index (χ2n) is 4.13.